The van der Waals surface area contributed by atoms with Gasteiger partial charge in [-0.2, -0.15) is 15.0 Å². The summed E-state index contributed by atoms with van der Waals surface area (Å²) in [6.07, 6.45) is -23.3. The molecule has 71 heteroatoms. The number of hydrogen-bond donors (Lipinski definition) is 15. The summed E-state index contributed by atoms with van der Waals surface area (Å²) in [5.74, 6) is -0.735. The van der Waals surface area contributed by atoms with E-state index in [0.29, 0.717) is 28.1 Å². The third kappa shape index (κ3) is 18.6. The van der Waals surface area contributed by atoms with E-state index in [4.69, 9.17) is 176 Å². The van der Waals surface area contributed by atoms with E-state index in [-0.39, 0.29) is 80.3 Å². The van der Waals surface area contributed by atoms with Gasteiger partial charge in [-0.3, -0.25) is 83.9 Å². The molecule has 20 N–H and O–H groups in total. The van der Waals surface area contributed by atoms with Gasteiger partial charge in [0.05, 0.1) is 101 Å². The fourth-order valence-corrected chi connectivity index (χ4v) is 24.6. The fraction of sp³-hybridized carbons (Fsp3) is 0.476. The van der Waals surface area contributed by atoms with Crippen LogP contribution in [0.3, 0.4) is 0 Å². The molecule has 134 heavy (non-hydrogen) atoms. The number of rotatable bonds is 6. The maximum Gasteiger partial charge on any atom is 0.386 e. The van der Waals surface area contributed by atoms with Gasteiger partial charge in [0.15, 0.2) is 112 Å². The van der Waals surface area contributed by atoms with Gasteiger partial charge in [0.2, 0.25) is 17.8 Å². The maximum atomic E-state index is 16.0. The second-order valence-electron chi connectivity index (χ2n) is 30.5. The summed E-state index contributed by atoms with van der Waals surface area (Å²) in [4.78, 5) is 148. The molecule has 0 spiro atoms. The lowest BCUT2D eigenvalue weighted by atomic mass is 10.1. The molecule has 6 unspecified atom stereocenters. The number of imidazole rings is 6. The number of nitrogen functional groups attached to an aromatic ring is 6. The highest BCUT2D eigenvalue weighted by Gasteiger charge is 2.59. The molecule has 12 aromatic heterocycles. The summed E-state index contributed by atoms with van der Waals surface area (Å²) in [6, 6.07) is 4.65. The molecule has 29 atom stereocenters. The van der Waals surface area contributed by atoms with Crippen LogP contribution < -0.4 is 51.1 Å². The highest BCUT2D eigenvalue weighted by Crippen LogP contribution is 2.61. The molecule has 9 aliphatic heterocycles. The number of fused-ring (bicyclic) bond motifs is 15. The van der Waals surface area contributed by atoms with E-state index in [9.17, 15) is 43.4 Å². The number of aromatic amines is 3. The number of thiol groups is 1. The van der Waals surface area contributed by atoms with Crippen molar-refractivity contribution in [1.82, 2.24) is 102 Å². The molecule has 9 saturated heterocycles. The van der Waals surface area contributed by atoms with Crippen LogP contribution in [-0.4, -0.2) is 270 Å². The lowest BCUT2D eigenvalue weighted by Crippen LogP contribution is -2.34. The van der Waals surface area contributed by atoms with Gasteiger partial charge in [0.1, 0.15) is 89.9 Å². The Balaban J connectivity index is 0.000000129. The topological polar surface area (TPSA) is 723 Å². The SMILES string of the molecule is Nc1nc2c(ncn2[C@@H]2O[C@@H]3COP(=O)(S)O[C@H]4[C@H](F)[C@H](n5cnc6c(N)ccnc65)O[C@@H]4COP(O)(=S)O[C@@H]2[C@@H]3F)c(=O)[nH]1.Nc1nc2c(ncn2[C@@H]2O[C@@H]3COP(O)(=S)O[C@H]4C[C@H](n5cnc6c(N)ccnc65)O[C@@H]4COP(O)(=S)O[C@@H]2[C@@H]3F)c(=O)[nH]1.Nc1nc2c(ncn2[C@@H]2O[C@@H]3COP(O)(=S)O[C@H]4[C@H](F)[C@H](n5cnc6c(N)ccnc65)O[C@@H]4COP(O)(=S)O[C@@H]2[C@@H]3F)c(=O)[nH]1. The molecule has 720 valence electrons. The zero-order chi connectivity index (χ0) is 94.6. The zero-order valence-corrected chi connectivity index (χ0v) is 77.3. The van der Waals surface area contributed by atoms with E-state index in [1.54, 1.807) is 10.6 Å². The van der Waals surface area contributed by atoms with Gasteiger partial charge in [0, 0.05) is 25.0 Å². The highest BCUT2D eigenvalue weighted by molar-refractivity contribution is 8.44. The van der Waals surface area contributed by atoms with Crippen molar-refractivity contribution < 1.29 is 134 Å². The third-order valence-electron chi connectivity index (χ3n) is 22.0. The van der Waals surface area contributed by atoms with Crippen molar-refractivity contribution in [2.24, 2.45) is 0 Å². The Kier molecular flexibility index (Phi) is 25.9. The van der Waals surface area contributed by atoms with Gasteiger partial charge < -0.3 is 114 Å². The molecule has 21 heterocycles. The molecule has 0 aliphatic carbocycles. The van der Waals surface area contributed by atoms with Gasteiger partial charge in [0.25, 0.3) is 16.7 Å². The van der Waals surface area contributed by atoms with Gasteiger partial charge in [-0.15, -0.1) is 0 Å². The third-order valence-corrected chi connectivity index (χ3v) is 31.4. The Hall–Kier alpha value is -7.73. The quantitative estimate of drug-likeness (QED) is 0.0645. The summed E-state index contributed by atoms with van der Waals surface area (Å²) in [7, 11) is 0. The predicted octanol–water partition coefficient (Wildman–Crippen LogP) is 2.23. The molecular weight excluding hydrogens is 2040 g/mol. The smallest absolute Gasteiger partial charge is 0.386 e. The first kappa shape index (κ1) is 95.2. The first-order valence-electron chi connectivity index (χ1n) is 39.0. The zero-order valence-electron chi connectivity index (χ0n) is 67.0. The van der Waals surface area contributed by atoms with Crippen LogP contribution in [0.15, 0.2) is 89.1 Å². The van der Waals surface area contributed by atoms with Crippen molar-refractivity contribution in [2.45, 2.75) is 148 Å². The fourth-order valence-electron chi connectivity index (χ4n) is 15.9. The standard InChI is InChI=1S/2C21H23F2N9O9P2S2.C21H24FN9O9P2S2/c2*22-10-8-3-36-42(34,44)40-14-9(39-19(11(14)23)31-5-27-12-7(24)1-2-26-16(12)31)4-37-43(35,45)41-15(10)20(38-8)32-6-28-13-17(32)29-21(25)30-18(13)33;22-13-11-5-36-41(33,43)39-9-3-12(30-6-26-14-8(23)1-2-25-17(14)30)37-10(9)4-35-42(34,44)40-16(13)20(38-11)31-7-27-15-18(31)28-21(24)29-19(15)32/h2*1-2,5-6,8-11,14-15,19-20H,3-4H2,(H2,24,26)(H,34,44)(H,35,45)(H3,25,29,30,33);1-2,6-7,9-13,16,20H,3-5H2,(H2,23,25)(H,33,43)(H,34,44)(H3,24,28,29,32)/t2*8-,9-,10-,11+,14-,15-,19-,20-,42?,43?;9-,10+,11+,12+,13+,16+,20+,41?,42?/m110/s1. The minimum atomic E-state index is -4.44. The van der Waals surface area contributed by atoms with Crippen molar-refractivity contribution in [3.8, 4) is 0 Å². The lowest BCUT2D eigenvalue weighted by Gasteiger charge is -2.27. The number of hydrogen-bond acceptors (Lipinski definition) is 45. The van der Waals surface area contributed by atoms with Crippen molar-refractivity contribution in [3.63, 3.8) is 0 Å². The van der Waals surface area contributed by atoms with Crippen LogP contribution in [-0.2, 0) is 146 Å². The van der Waals surface area contributed by atoms with Gasteiger partial charge in [-0.1, -0.05) is 12.2 Å². The second kappa shape index (κ2) is 36.5. The Bertz CT molecular complexity index is 6830. The van der Waals surface area contributed by atoms with E-state index >= 15 is 22.0 Å². The molecule has 0 saturated carbocycles. The van der Waals surface area contributed by atoms with E-state index in [0.717, 1.165) is 21.8 Å². The monoisotopic (exact) mass is 2110 g/mol. The first-order chi connectivity index (χ1) is 63.5. The number of aromatic nitrogens is 21. The normalized spacial score (nSPS) is 37.3. The summed E-state index contributed by atoms with van der Waals surface area (Å²) in [5.41, 5.74) is 35.3. The number of nitrogens with two attached hydrogens (primary N) is 6. The van der Waals surface area contributed by atoms with Crippen LogP contribution in [0.2, 0.25) is 0 Å². The van der Waals surface area contributed by atoms with Crippen molar-refractivity contribution in [1.29, 1.82) is 0 Å². The number of nitrogens with one attached hydrogen (secondary N) is 3. The summed E-state index contributed by atoms with van der Waals surface area (Å²) < 4.78 is 202. The molecule has 9 fully saturated rings. The summed E-state index contributed by atoms with van der Waals surface area (Å²) in [5, 5.41) is 0. The van der Waals surface area contributed by atoms with E-state index < -0.39 is 238 Å². The Morgan fingerprint density at radius 2 is 0.627 bits per heavy atom. The molecule has 0 radical (unpaired) electrons. The van der Waals surface area contributed by atoms with Crippen LogP contribution in [0, 0.1) is 0 Å². The molecule has 9 aliphatic rings. The number of H-pyrrole nitrogens is 3. The molecule has 12 aromatic rings. The number of nitrogens with zero attached hydrogens (tertiary/aromatic N) is 18. The van der Waals surface area contributed by atoms with Crippen LogP contribution in [0.5, 0.6) is 0 Å². The molecule has 0 amide bonds. The lowest BCUT2D eigenvalue weighted by molar-refractivity contribution is -0.0599. The van der Waals surface area contributed by atoms with Crippen molar-refractivity contribution in [2.75, 3.05) is 74.0 Å². The number of pyridine rings is 3. The number of anilines is 6. The number of ether oxygens (including phenoxy) is 6. The van der Waals surface area contributed by atoms with E-state index in [1.807, 2.05) is 0 Å². The van der Waals surface area contributed by atoms with Gasteiger partial charge in [-0.05, 0) is 77.2 Å². The molecule has 0 aromatic carbocycles. The summed E-state index contributed by atoms with van der Waals surface area (Å²) in [6.45, 7) is -29.4. The van der Waals surface area contributed by atoms with Crippen LogP contribution in [0.25, 0.3) is 67.0 Å². The minimum Gasteiger partial charge on any atom is -0.397 e. The average Bonchev–Trinajstić information content (AvgIpc) is 1.61. The molecule has 6 bridgehead atoms. The Morgan fingerprint density at radius 1 is 0.343 bits per heavy atom. The van der Waals surface area contributed by atoms with Crippen molar-refractivity contribution >= 4 is 214 Å². The first-order valence-corrected chi connectivity index (χ1v) is 54.6. The van der Waals surface area contributed by atoms with E-state index in [2.05, 4.69) is 87.0 Å². The number of halogens is 5. The second-order valence-corrected chi connectivity index (χ2v) is 47.3. The molecule has 54 nitrogen and oxygen atoms in total. The number of alkyl halides is 5. The van der Waals surface area contributed by atoms with E-state index in [1.165, 1.54) is 69.7 Å². The van der Waals surface area contributed by atoms with Crippen LogP contribution >= 0.6 is 52.6 Å². The van der Waals surface area contributed by atoms with Crippen LogP contribution in [0.1, 0.15) is 43.8 Å². The minimum absolute atomic E-state index is 0.0426. The predicted molar refractivity (Wildman–Crippen MR) is 470 cm³/mol. The average molecular weight is 2110 g/mol. The maximum absolute atomic E-state index is 16.0. The van der Waals surface area contributed by atoms with Gasteiger partial charge >= 0.3 is 40.4 Å². The molecular formula is C63H70F5N27O27P6S6. The molecule has 21 rings (SSSR count). The Morgan fingerprint density at radius 3 is 0.993 bits per heavy atom. The van der Waals surface area contributed by atoms with Gasteiger partial charge in [-0.25, -0.2) is 71.4 Å². The highest BCUT2D eigenvalue weighted by atomic mass is 32.7. The largest absolute Gasteiger partial charge is 0.397 e. The van der Waals surface area contributed by atoms with Crippen LogP contribution in [0.4, 0.5) is 56.9 Å². The Labute approximate surface area is 772 Å². The van der Waals surface area contributed by atoms with Crippen molar-refractivity contribution in [3.05, 3.63) is 106 Å². The summed E-state index contributed by atoms with van der Waals surface area (Å²) >= 11 is 29.9.